The summed E-state index contributed by atoms with van der Waals surface area (Å²) in [6.45, 7) is 0.401. The molecule has 0 amide bonds. The highest BCUT2D eigenvalue weighted by Gasteiger charge is 2.31. The van der Waals surface area contributed by atoms with Crippen molar-refractivity contribution in [3.8, 4) is 0 Å². The summed E-state index contributed by atoms with van der Waals surface area (Å²) >= 11 is 0. The van der Waals surface area contributed by atoms with Gasteiger partial charge in [-0.1, -0.05) is 12.1 Å². The lowest BCUT2D eigenvalue weighted by molar-refractivity contribution is -0.137. The van der Waals surface area contributed by atoms with Crippen LogP contribution in [-0.2, 0) is 6.18 Å². The van der Waals surface area contributed by atoms with E-state index in [0.717, 1.165) is 6.07 Å². The van der Waals surface area contributed by atoms with Crippen molar-refractivity contribution in [3.63, 3.8) is 0 Å². The van der Waals surface area contributed by atoms with Crippen molar-refractivity contribution >= 4 is 5.95 Å². The number of halogens is 3. The maximum atomic E-state index is 12.8. The van der Waals surface area contributed by atoms with Crippen LogP contribution in [0.5, 0.6) is 0 Å². The van der Waals surface area contributed by atoms with Crippen molar-refractivity contribution in [3.05, 3.63) is 53.9 Å². The first kappa shape index (κ1) is 16.2. The molecule has 7 heteroatoms. The number of anilines is 1. The monoisotopic (exact) mass is 310 g/mol. The molecule has 1 aromatic heterocycles. The van der Waals surface area contributed by atoms with E-state index < -0.39 is 11.7 Å². The van der Waals surface area contributed by atoms with Crippen LogP contribution in [0.1, 0.15) is 17.2 Å². The van der Waals surface area contributed by atoms with Gasteiger partial charge in [-0.2, -0.15) is 13.2 Å². The van der Waals surface area contributed by atoms with Crippen LogP contribution in [0, 0.1) is 0 Å². The number of nitrogens with one attached hydrogen (secondary N) is 1. The first-order valence-electron chi connectivity index (χ1n) is 6.72. The quantitative estimate of drug-likeness (QED) is 0.921. The molecule has 2 aromatic rings. The van der Waals surface area contributed by atoms with Gasteiger partial charge in [-0.3, -0.25) is 0 Å². The summed E-state index contributed by atoms with van der Waals surface area (Å²) in [6.07, 6.45) is -1.14. The van der Waals surface area contributed by atoms with Crippen LogP contribution >= 0.6 is 0 Å². The lowest BCUT2D eigenvalue weighted by Gasteiger charge is -2.25. The number of benzene rings is 1. The number of likely N-dealkylation sites (N-methyl/N-ethyl adjacent to an activating group) is 1. The van der Waals surface area contributed by atoms with E-state index in [4.69, 9.17) is 0 Å². The number of hydrogen-bond donors (Lipinski definition) is 1. The third-order valence-electron chi connectivity index (χ3n) is 3.24. The van der Waals surface area contributed by atoms with Crippen LogP contribution in [0.4, 0.5) is 19.1 Å². The van der Waals surface area contributed by atoms with Crippen LogP contribution in [0.25, 0.3) is 0 Å². The molecule has 0 aliphatic carbocycles. The van der Waals surface area contributed by atoms with E-state index in [0.29, 0.717) is 18.1 Å². The average molecular weight is 310 g/mol. The predicted octanol–water partition coefficient (Wildman–Crippen LogP) is 3.21. The lowest BCUT2D eigenvalue weighted by atomic mass is 10.0. The molecule has 1 heterocycles. The highest BCUT2D eigenvalue weighted by molar-refractivity contribution is 5.30. The van der Waals surface area contributed by atoms with Gasteiger partial charge in [-0.25, -0.2) is 9.97 Å². The summed E-state index contributed by atoms with van der Waals surface area (Å²) in [6, 6.07) is 6.83. The number of alkyl halides is 3. The van der Waals surface area contributed by atoms with E-state index in [-0.39, 0.29) is 6.04 Å². The molecule has 4 nitrogen and oxygen atoms in total. The predicted molar refractivity (Wildman–Crippen MR) is 78.4 cm³/mol. The van der Waals surface area contributed by atoms with Crippen molar-refractivity contribution in [1.29, 1.82) is 0 Å². The second-order valence-electron chi connectivity index (χ2n) is 5.06. The minimum atomic E-state index is -4.34. The molecule has 0 fully saturated rings. The topological polar surface area (TPSA) is 41.0 Å². The van der Waals surface area contributed by atoms with Crippen molar-refractivity contribution in [2.45, 2.75) is 12.2 Å². The van der Waals surface area contributed by atoms with Gasteiger partial charge in [0, 0.05) is 18.9 Å². The fourth-order valence-corrected chi connectivity index (χ4v) is 2.10. The summed E-state index contributed by atoms with van der Waals surface area (Å²) in [5.74, 6) is 0.446. The zero-order chi connectivity index (χ0) is 16.2. The lowest BCUT2D eigenvalue weighted by Crippen LogP contribution is -2.27. The molecule has 0 saturated carbocycles. The van der Waals surface area contributed by atoms with Crippen LogP contribution in [0.2, 0.25) is 0 Å². The minimum absolute atomic E-state index is 0.230. The van der Waals surface area contributed by atoms with Crippen LogP contribution in [0.3, 0.4) is 0 Å². The molecule has 1 N–H and O–H groups in total. The minimum Gasteiger partial charge on any atom is -0.352 e. The number of hydrogen-bond acceptors (Lipinski definition) is 4. The zero-order valence-corrected chi connectivity index (χ0v) is 12.3. The fourth-order valence-electron chi connectivity index (χ4n) is 2.10. The Bertz CT molecular complexity index is 599. The fraction of sp³-hybridized carbons (Fsp3) is 0.333. The molecule has 2 rings (SSSR count). The molecule has 0 saturated heterocycles. The molecule has 0 radical (unpaired) electrons. The van der Waals surface area contributed by atoms with Gasteiger partial charge in [0.1, 0.15) is 0 Å². The second kappa shape index (κ2) is 6.74. The van der Waals surface area contributed by atoms with Gasteiger partial charge in [-0.15, -0.1) is 0 Å². The van der Waals surface area contributed by atoms with E-state index >= 15 is 0 Å². The molecule has 1 atom stereocenters. The molecule has 0 bridgehead atoms. The molecular formula is C15H17F3N4. The summed E-state index contributed by atoms with van der Waals surface area (Å²) in [5, 5.41) is 3.04. The number of aromatic nitrogens is 2. The summed E-state index contributed by atoms with van der Waals surface area (Å²) in [7, 11) is 3.64. The van der Waals surface area contributed by atoms with E-state index in [1.54, 1.807) is 24.5 Å². The van der Waals surface area contributed by atoms with Gasteiger partial charge in [-0.05, 0) is 37.9 Å². The Morgan fingerprint density at radius 2 is 1.82 bits per heavy atom. The maximum Gasteiger partial charge on any atom is 0.416 e. The molecule has 1 aromatic carbocycles. The Hall–Kier alpha value is -2.15. The van der Waals surface area contributed by atoms with Gasteiger partial charge in [0.15, 0.2) is 0 Å². The van der Waals surface area contributed by atoms with E-state index in [1.165, 1.54) is 12.1 Å². The largest absolute Gasteiger partial charge is 0.416 e. The molecule has 0 aliphatic rings. The Morgan fingerprint density at radius 3 is 2.41 bits per heavy atom. The van der Waals surface area contributed by atoms with Crippen LogP contribution in [0.15, 0.2) is 42.7 Å². The first-order chi connectivity index (χ1) is 10.4. The molecular weight excluding hydrogens is 293 g/mol. The number of nitrogens with zero attached hydrogens (tertiary/aromatic N) is 3. The Morgan fingerprint density at radius 1 is 1.14 bits per heavy atom. The zero-order valence-electron chi connectivity index (χ0n) is 12.3. The normalized spacial score (nSPS) is 13.2. The summed E-state index contributed by atoms with van der Waals surface area (Å²) in [5.41, 5.74) is -0.0592. The van der Waals surface area contributed by atoms with Gasteiger partial charge in [0.05, 0.1) is 11.6 Å². The third kappa shape index (κ3) is 4.17. The van der Waals surface area contributed by atoms with E-state index in [1.807, 2.05) is 19.0 Å². The third-order valence-corrected chi connectivity index (χ3v) is 3.24. The molecule has 118 valence electrons. The standard InChI is InChI=1S/C15H17F3N4/c1-22(2)13(10-21-14-19-7-4-8-20-14)11-5-3-6-12(9-11)15(16,17)18/h3-9,13H,10H2,1-2H3,(H,19,20,21). The van der Waals surface area contributed by atoms with Crippen molar-refractivity contribution < 1.29 is 13.2 Å². The van der Waals surface area contributed by atoms with Crippen molar-refractivity contribution in [2.75, 3.05) is 26.0 Å². The average Bonchev–Trinajstić information content (AvgIpc) is 2.48. The Labute approximate surface area is 127 Å². The number of rotatable bonds is 5. The molecule has 0 spiro atoms. The van der Waals surface area contributed by atoms with Gasteiger partial charge in [0.2, 0.25) is 5.95 Å². The summed E-state index contributed by atoms with van der Waals surface area (Å²) < 4.78 is 38.5. The highest BCUT2D eigenvalue weighted by atomic mass is 19.4. The van der Waals surface area contributed by atoms with Gasteiger partial charge in [0.25, 0.3) is 0 Å². The van der Waals surface area contributed by atoms with Gasteiger partial charge >= 0.3 is 6.18 Å². The van der Waals surface area contributed by atoms with E-state index in [2.05, 4.69) is 15.3 Å². The Kier molecular flexibility index (Phi) is 4.97. The molecule has 22 heavy (non-hydrogen) atoms. The smallest absolute Gasteiger partial charge is 0.352 e. The van der Waals surface area contributed by atoms with E-state index in [9.17, 15) is 13.2 Å². The van der Waals surface area contributed by atoms with Crippen LogP contribution in [-0.4, -0.2) is 35.5 Å². The molecule has 0 aliphatic heterocycles. The maximum absolute atomic E-state index is 12.8. The van der Waals surface area contributed by atoms with Crippen molar-refractivity contribution in [1.82, 2.24) is 14.9 Å². The van der Waals surface area contributed by atoms with Gasteiger partial charge < -0.3 is 10.2 Å². The molecule has 1 unspecified atom stereocenters. The summed E-state index contributed by atoms with van der Waals surface area (Å²) in [4.78, 5) is 9.93. The van der Waals surface area contributed by atoms with Crippen LogP contribution < -0.4 is 5.32 Å². The first-order valence-corrected chi connectivity index (χ1v) is 6.72. The Balaban J connectivity index is 2.18. The highest BCUT2D eigenvalue weighted by Crippen LogP contribution is 2.31. The SMILES string of the molecule is CN(C)C(CNc1ncccn1)c1cccc(C(F)(F)F)c1. The second-order valence-corrected chi connectivity index (χ2v) is 5.06. The van der Waals surface area contributed by atoms with Crippen molar-refractivity contribution in [2.24, 2.45) is 0 Å².